The molecule has 0 spiro atoms. The molecule has 0 aliphatic carbocycles. The summed E-state index contributed by atoms with van der Waals surface area (Å²) in [6, 6.07) is 12.4. The van der Waals surface area contributed by atoms with Gasteiger partial charge in [-0.3, -0.25) is 4.79 Å². The van der Waals surface area contributed by atoms with Crippen LogP contribution in [0.25, 0.3) is 11.4 Å². The van der Waals surface area contributed by atoms with E-state index in [1.54, 1.807) is 43.3 Å². The Bertz CT molecular complexity index is 857. The van der Waals surface area contributed by atoms with Crippen molar-refractivity contribution in [1.29, 1.82) is 0 Å². The molecule has 1 aromatic heterocycles. The zero-order valence-electron chi connectivity index (χ0n) is 12.6. The Morgan fingerprint density at radius 2 is 1.87 bits per heavy atom. The lowest BCUT2D eigenvalue weighted by Crippen LogP contribution is -2.12. The molecule has 0 aliphatic rings. The second kappa shape index (κ2) is 6.22. The first kappa shape index (κ1) is 15.2. The van der Waals surface area contributed by atoms with E-state index in [-0.39, 0.29) is 5.91 Å². The first-order valence-electron chi connectivity index (χ1n) is 7.01. The first-order valence-corrected chi connectivity index (χ1v) is 7.39. The van der Waals surface area contributed by atoms with E-state index in [2.05, 4.69) is 15.5 Å². The number of amides is 1. The number of hydrogen-bond acceptors (Lipinski definition) is 4. The van der Waals surface area contributed by atoms with Crippen LogP contribution < -0.4 is 5.32 Å². The Kier molecular flexibility index (Phi) is 4.12. The van der Waals surface area contributed by atoms with Crippen LogP contribution in [-0.4, -0.2) is 16.0 Å². The van der Waals surface area contributed by atoms with Gasteiger partial charge in [0, 0.05) is 28.8 Å². The molecule has 2 aromatic carbocycles. The summed E-state index contributed by atoms with van der Waals surface area (Å²) in [6.45, 7) is 3.64. The molecule has 0 saturated heterocycles. The van der Waals surface area contributed by atoms with Crippen LogP contribution in [0.3, 0.4) is 0 Å². The molecule has 1 heterocycles. The van der Waals surface area contributed by atoms with E-state index in [0.717, 1.165) is 11.1 Å². The molecule has 0 unspecified atom stereocenters. The number of carbonyl (C=O) groups is 1. The Hall–Kier alpha value is -2.66. The van der Waals surface area contributed by atoms with Gasteiger partial charge in [-0.25, -0.2) is 0 Å². The summed E-state index contributed by atoms with van der Waals surface area (Å²) in [4.78, 5) is 16.5. The van der Waals surface area contributed by atoms with Crippen LogP contribution in [0.1, 0.15) is 21.8 Å². The topological polar surface area (TPSA) is 68.0 Å². The molecule has 0 aliphatic heterocycles. The summed E-state index contributed by atoms with van der Waals surface area (Å²) in [5.74, 6) is 0.796. The molecule has 1 amide bonds. The van der Waals surface area contributed by atoms with Crippen molar-refractivity contribution >= 4 is 23.2 Å². The summed E-state index contributed by atoms with van der Waals surface area (Å²) < 4.78 is 4.95. The number of nitrogens with zero attached hydrogens (tertiary/aromatic N) is 2. The number of rotatable bonds is 3. The number of hydrogen-bond donors (Lipinski definition) is 1. The van der Waals surface area contributed by atoms with Crippen LogP contribution in [0.4, 0.5) is 5.69 Å². The van der Waals surface area contributed by atoms with E-state index in [9.17, 15) is 4.79 Å². The summed E-state index contributed by atoms with van der Waals surface area (Å²) in [5.41, 5.74) is 2.97. The second-order valence-corrected chi connectivity index (χ2v) is 5.56. The van der Waals surface area contributed by atoms with Gasteiger partial charge in [0.1, 0.15) is 0 Å². The van der Waals surface area contributed by atoms with E-state index in [4.69, 9.17) is 16.1 Å². The van der Waals surface area contributed by atoms with Crippen molar-refractivity contribution in [3.63, 3.8) is 0 Å². The standard InChI is InChI=1S/C17H14ClN3O2/c1-10-3-8-14(18)9-15(10)20-17(22)13-6-4-12(5-7-13)16-19-11(2)23-21-16/h3-9H,1-2H3,(H,20,22). The lowest BCUT2D eigenvalue weighted by Gasteiger charge is -2.09. The minimum absolute atomic E-state index is 0.203. The fourth-order valence-electron chi connectivity index (χ4n) is 2.11. The summed E-state index contributed by atoms with van der Waals surface area (Å²) in [5, 5.41) is 7.28. The largest absolute Gasteiger partial charge is 0.339 e. The van der Waals surface area contributed by atoms with Gasteiger partial charge in [-0.15, -0.1) is 0 Å². The highest BCUT2D eigenvalue weighted by molar-refractivity contribution is 6.31. The third-order valence-electron chi connectivity index (χ3n) is 3.38. The zero-order chi connectivity index (χ0) is 16.4. The molecule has 0 atom stereocenters. The number of carbonyl (C=O) groups excluding carboxylic acids is 1. The molecule has 0 fully saturated rings. The van der Waals surface area contributed by atoms with Gasteiger partial charge in [-0.05, 0) is 36.8 Å². The van der Waals surface area contributed by atoms with Crippen molar-refractivity contribution in [2.75, 3.05) is 5.32 Å². The Balaban J connectivity index is 1.79. The molecule has 5 nitrogen and oxygen atoms in total. The predicted molar refractivity (Wildman–Crippen MR) is 88.6 cm³/mol. The van der Waals surface area contributed by atoms with Gasteiger partial charge in [-0.1, -0.05) is 35.0 Å². The van der Waals surface area contributed by atoms with Crippen molar-refractivity contribution in [1.82, 2.24) is 10.1 Å². The SMILES string of the molecule is Cc1nc(-c2ccc(C(=O)Nc3cc(Cl)ccc3C)cc2)no1. The van der Waals surface area contributed by atoms with Crippen LogP contribution in [0.5, 0.6) is 0 Å². The lowest BCUT2D eigenvalue weighted by molar-refractivity contribution is 0.102. The molecule has 1 N–H and O–H groups in total. The van der Waals surface area contributed by atoms with Crippen LogP contribution >= 0.6 is 11.6 Å². The van der Waals surface area contributed by atoms with Gasteiger partial charge in [0.05, 0.1) is 0 Å². The average Bonchev–Trinajstić information content (AvgIpc) is 2.97. The highest BCUT2D eigenvalue weighted by atomic mass is 35.5. The quantitative estimate of drug-likeness (QED) is 0.780. The average molecular weight is 328 g/mol. The number of anilines is 1. The van der Waals surface area contributed by atoms with Gasteiger partial charge in [0.15, 0.2) is 0 Å². The maximum atomic E-state index is 12.3. The van der Waals surface area contributed by atoms with Gasteiger partial charge in [0.2, 0.25) is 11.7 Å². The molecule has 0 radical (unpaired) electrons. The molecule has 0 bridgehead atoms. The van der Waals surface area contributed by atoms with Crippen molar-refractivity contribution in [3.8, 4) is 11.4 Å². The monoisotopic (exact) mass is 327 g/mol. The molecule has 3 aromatic rings. The molecule has 0 saturated carbocycles. The van der Waals surface area contributed by atoms with E-state index in [1.165, 1.54) is 0 Å². The van der Waals surface area contributed by atoms with Crippen molar-refractivity contribution in [2.24, 2.45) is 0 Å². The smallest absolute Gasteiger partial charge is 0.255 e. The molecular weight excluding hydrogens is 314 g/mol. The molecule has 3 rings (SSSR count). The van der Waals surface area contributed by atoms with Crippen molar-refractivity contribution < 1.29 is 9.32 Å². The molecular formula is C17H14ClN3O2. The minimum atomic E-state index is -0.203. The van der Waals surface area contributed by atoms with Crippen molar-refractivity contribution in [3.05, 3.63) is 64.5 Å². The number of benzene rings is 2. The van der Waals surface area contributed by atoms with E-state index in [0.29, 0.717) is 28.0 Å². The lowest BCUT2D eigenvalue weighted by atomic mass is 10.1. The summed E-state index contributed by atoms with van der Waals surface area (Å²) >= 11 is 5.96. The third kappa shape index (κ3) is 3.40. The third-order valence-corrected chi connectivity index (χ3v) is 3.62. The van der Waals surface area contributed by atoms with Crippen molar-refractivity contribution in [2.45, 2.75) is 13.8 Å². The fraction of sp³-hybridized carbons (Fsp3) is 0.118. The van der Waals surface area contributed by atoms with Gasteiger partial charge < -0.3 is 9.84 Å². The number of aryl methyl sites for hydroxylation is 2. The van der Waals surface area contributed by atoms with Gasteiger partial charge in [-0.2, -0.15) is 4.98 Å². The van der Waals surface area contributed by atoms with E-state index >= 15 is 0 Å². The van der Waals surface area contributed by atoms with Crippen LogP contribution in [0, 0.1) is 13.8 Å². The fourth-order valence-corrected chi connectivity index (χ4v) is 2.28. The van der Waals surface area contributed by atoms with Gasteiger partial charge >= 0.3 is 0 Å². The predicted octanol–water partition coefficient (Wildman–Crippen LogP) is 4.26. The summed E-state index contributed by atoms with van der Waals surface area (Å²) in [7, 11) is 0. The van der Waals surface area contributed by atoms with Crippen LogP contribution in [0.15, 0.2) is 47.0 Å². The first-order chi connectivity index (χ1) is 11.0. The highest BCUT2D eigenvalue weighted by Gasteiger charge is 2.10. The maximum Gasteiger partial charge on any atom is 0.255 e. The highest BCUT2D eigenvalue weighted by Crippen LogP contribution is 2.21. The van der Waals surface area contributed by atoms with Crippen LogP contribution in [-0.2, 0) is 0 Å². The maximum absolute atomic E-state index is 12.3. The van der Waals surface area contributed by atoms with E-state index in [1.807, 2.05) is 13.0 Å². The number of nitrogens with one attached hydrogen (secondary N) is 1. The number of aromatic nitrogens is 2. The molecule has 23 heavy (non-hydrogen) atoms. The normalized spacial score (nSPS) is 10.6. The minimum Gasteiger partial charge on any atom is -0.339 e. The van der Waals surface area contributed by atoms with Gasteiger partial charge in [0.25, 0.3) is 5.91 Å². The Morgan fingerprint density at radius 3 is 2.52 bits per heavy atom. The van der Waals surface area contributed by atoms with E-state index < -0.39 is 0 Å². The zero-order valence-corrected chi connectivity index (χ0v) is 13.4. The summed E-state index contributed by atoms with van der Waals surface area (Å²) in [6.07, 6.45) is 0. The molecule has 6 heteroatoms. The second-order valence-electron chi connectivity index (χ2n) is 5.13. The Morgan fingerprint density at radius 1 is 1.13 bits per heavy atom. The molecule has 116 valence electrons. The number of halogens is 1. The van der Waals surface area contributed by atoms with Crippen LogP contribution in [0.2, 0.25) is 5.02 Å². The Labute approximate surface area is 138 Å².